The molecule has 2 N–H and O–H groups in total. The lowest BCUT2D eigenvalue weighted by atomic mass is 9.52. The Hall–Kier alpha value is -3.86. The van der Waals surface area contributed by atoms with Gasteiger partial charge < -0.3 is 39.4 Å². The van der Waals surface area contributed by atoms with Gasteiger partial charge in [-0.2, -0.15) is 0 Å². The van der Waals surface area contributed by atoms with Crippen LogP contribution in [0.2, 0.25) is 0 Å². The number of nitrogens with zero attached hydrogens (tertiary/aromatic N) is 3. The number of hydrogen-bond acceptors (Lipinski definition) is 12. The Bertz CT molecular complexity index is 4860. The maximum absolute atomic E-state index is 12.6. The van der Waals surface area contributed by atoms with Crippen LogP contribution in [0.1, 0.15) is 430 Å². The van der Waals surface area contributed by atoms with Gasteiger partial charge in [0.25, 0.3) is 0 Å². The zero-order valence-electron chi connectivity index (χ0n) is 92.2. The highest BCUT2D eigenvalue weighted by molar-refractivity contribution is 5.82. The SMILES string of the molecule is C.C.CC(=O)N1C[C@@H](C)C[C@H]2O[C@]3(CC[C@@H]4C(=C(C)C3)C[C@H]3[C@H]4CC[C@@H]4CC(=O)CC[C@@]43C)[C@H](C)[C@@H]21.CC(=O)N[C@H]1CC[C@@]2(C)[C@H](CC[C@H]3[C@@H]4CC[C@@]5(CC(C)=C4C[C@@H]32)O[C@@H]2C[C@H](C)CC[C@H]2[C@H]5C)C1.CC1=C2C[C@H]3[C@@H](CC[C@@H]4CC(=O)CC[C@@]43C)[C@@H]2CC[C@@]2(C1)O[C@@H]1C[C@H](C)CN(C)[C@H]1[C@H]2C.CC1=C2C[C@H]3[C@@H](CC[C@@H]4CC(=O)CC[C@@]43C)[C@@H]2CC[C@@]2(C1)O[C@@H]1C[C@H](C)CN(CCNC(=O)C(C)(C)C)[C@H]1[C@H]2C. The molecule has 0 radical (unpaired) electrons. The number of likely N-dealkylation sites (N-methyl/N-ethyl adjacent to an activating group) is 1. The van der Waals surface area contributed by atoms with Crippen molar-refractivity contribution in [2.45, 2.75) is 501 Å². The fraction of sp³-hybridized carbons (Fsp3) is 0.890. The second-order valence-corrected chi connectivity index (χ2v) is 57.7. The smallest absolute Gasteiger partial charge is 0.225 e. The van der Waals surface area contributed by atoms with E-state index in [1.54, 1.807) is 47.3 Å². The van der Waals surface area contributed by atoms with Gasteiger partial charge in [0.15, 0.2) is 0 Å². The van der Waals surface area contributed by atoms with E-state index >= 15 is 0 Å². The summed E-state index contributed by atoms with van der Waals surface area (Å²) in [7, 11) is 2.33. The van der Waals surface area contributed by atoms with Gasteiger partial charge in [0.1, 0.15) is 17.3 Å². The summed E-state index contributed by atoms with van der Waals surface area (Å²) in [4.78, 5) is 80.9. The number of allylic oxidation sites excluding steroid dienone is 4. The first kappa shape index (κ1) is 107. The first-order valence-electron chi connectivity index (χ1n) is 59.6. The Labute approximate surface area is 863 Å². The minimum Gasteiger partial charge on any atom is -0.371 e. The summed E-state index contributed by atoms with van der Waals surface area (Å²) in [5.41, 5.74) is 15.1. The average Bonchev–Trinajstić information content (AvgIpc) is 1.57. The number of likely N-dealkylation sites (tertiary alicyclic amines) is 3. The van der Waals surface area contributed by atoms with E-state index in [0.29, 0.717) is 141 Å². The molecule has 3 amide bonds. The van der Waals surface area contributed by atoms with Gasteiger partial charge in [-0.1, -0.05) is 170 Å². The van der Waals surface area contributed by atoms with Crippen molar-refractivity contribution in [1.29, 1.82) is 0 Å². The molecule has 41 atom stereocenters. The van der Waals surface area contributed by atoms with Crippen LogP contribution in [0.4, 0.5) is 0 Å². The van der Waals surface area contributed by atoms with Gasteiger partial charge in [-0.25, -0.2) is 0 Å². The van der Waals surface area contributed by atoms with E-state index in [2.05, 4.69) is 143 Å². The van der Waals surface area contributed by atoms with E-state index in [1.807, 2.05) is 31.9 Å². The number of carbonyl (C=O) groups is 6. The number of rotatable bonds is 4. The normalized spacial score (nSPS) is 49.5. The molecule has 17 aliphatic carbocycles. The van der Waals surface area contributed by atoms with E-state index in [9.17, 15) is 28.8 Å². The van der Waals surface area contributed by atoms with E-state index in [0.717, 1.165) is 205 Å². The fourth-order valence-corrected chi connectivity index (χ4v) is 41.9. The van der Waals surface area contributed by atoms with Gasteiger partial charge in [0.05, 0.1) is 52.9 Å². The number of hydrogen-bond donors (Lipinski definition) is 2. The highest BCUT2D eigenvalue weighted by Gasteiger charge is 2.68. The molecule has 0 aromatic carbocycles. The number of ketones is 3. The molecule has 13 saturated carbocycles. The molecular weight excluding hydrogens is 1760 g/mol. The highest BCUT2D eigenvalue weighted by Crippen LogP contribution is 2.72. The van der Waals surface area contributed by atoms with Crippen molar-refractivity contribution in [3.05, 3.63) is 44.6 Å². The second-order valence-electron chi connectivity index (χ2n) is 57.7. The first-order chi connectivity index (χ1) is 66.4. The third-order valence-corrected chi connectivity index (χ3v) is 49.3. The Morgan fingerprint density at radius 3 is 1.15 bits per heavy atom. The highest BCUT2D eigenvalue weighted by atomic mass is 16.5. The van der Waals surface area contributed by atoms with Crippen LogP contribution in [-0.2, 0) is 47.7 Å². The van der Waals surface area contributed by atoms with E-state index < -0.39 is 0 Å². The van der Waals surface area contributed by atoms with Crippen molar-refractivity contribution in [3.8, 4) is 0 Å². The van der Waals surface area contributed by atoms with Crippen molar-refractivity contribution in [1.82, 2.24) is 25.3 Å². The Morgan fingerprint density at radius 2 is 0.732 bits per heavy atom. The molecule has 15 nitrogen and oxygen atoms in total. The van der Waals surface area contributed by atoms with Gasteiger partial charge in [0, 0.05) is 126 Å². The summed E-state index contributed by atoms with van der Waals surface area (Å²) in [5.74, 6) is 20.0. The largest absolute Gasteiger partial charge is 0.371 e. The molecule has 7 saturated heterocycles. The van der Waals surface area contributed by atoms with Gasteiger partial charge in [-0.05, 0) is 411 Å². The summed E-state index contributed by atoms with van der Waals surface area (Å²) in [5, 5.41) is 6.45. The zero-order valence-corrected chi connectivity index (χ0v) is 92.2. The van der Waals surface area contributed by atoms with Crippen molar-refractivity contribution in [3.63, 3.8) is 0 Å². The lowest BCUT2D eigenvalue weighted by Crippen LogP contribution is -2.54. The predicted octanol–water partition coefficient (Wildman–Crippen LogP) is 26.8. The lowest BCUT2D eigenvalue weighted by molar-refractivity contribution is -0.137. The molecule has 0 aromatic rings. The third-order valence-electron chi connectivity index (χ3n) is 49.3. The molecule has 0 bridgehead atoms. The molecule has 7 aliphatic heterocycles. The third kappa shape index (κ3) is 18.2. The van der Waals surface area contributed by atoms with Crippen LogP contribution >= 0.6 is 0 Å². The average molecular weight is 1960 g/mol. The van der Waals surface area contributed by atoms with Gasteiger partial charge >= 0.3 is 0 Å². The molecule has 7 heterocycles. The molecule has 20 fully saturated rings. The van der Waals surface area contributed by atoms with Crippen LogP contribution in [0.3, 0.4) is 0 Å². The van der Waals surface area contributed by atoms with Crippen molar-refractivity contribution in [2.24, 2.45) is 175 Å². The molecule has 4 spiro atoms. The minimum absolute atomic E-state index is 0. The number of fused-ring (bicyclic) bond motifs is 24. The summed E-state index contributed by atoms with van der Waals surface area (Å²) < 4.78 is 28.5. The van der Waals surface area contributed by atoms with Crippen molar-refractivity contribution >= 4 is 35.1 Å². The lowest BCUT2D eigenvalue weighted by Gasteiger charge is -2.54. The summed E-state index contributed by atoms with van der Waals surface area (Å²) in [6.07, 6.45) is 51.4. The van der Waals surface area contributed by atoms with Gasteiger partial charge in [0.2, 0.25) is 17.7 Å². The molecule has 796 valence electrons. The Morgan fingerprint density at radius 1 is 0.380 bits per heavy atom. The number of piperidine rings is 3. The fourth-order valence-electron chi connectivity index (χ4n) is 41.9. The molecular formula is C127H203N5O10. The van der Waals surface area contributed by atoms with Crippen LogP contribution in [0.5, 0.6) is 0 Å². The number of Topliss-reactive ketones (excluding diaryl/α,β-unsaturated/α-hetero) is 3. The summed E-state index contributed by atoms with van der Waals surface area (Å²) in [6, 6.07) is 1.70. The molecule has 142 heavy (non-hydrogen) atoms. The number of amides is 3. The standard InChI is InChI=1S/C35H56N2O3.C31H49NO2.C30H45NO3.C29H45NO2.2CH4/c1-21-16-30-31(37(20-21)15-14-36-32(39)33(4,5)6)23(3)35(40-30)13-11-26-27-9-8-24-17-25(38)10-12-34(24,7)29(27)18-28(26)22(2)19-35;1-18-6-8-24-20(3)31(34-29(24)14-18)13-11-25-26-9-7-22-15-23(32-21(4)33)10-12-30(22,5)28(26)16-27(25)19(2)17-31;1-17-12-27-28(31(16-17)20(4)32)19(3)30(34-27)11-9-23-24-7-6-21-13-22(33)8-10-29(21,5)26(24)14-25(23)18(2)15-30;1-17-12-26-27(30(5)16-17)19(3)29(32-26)11-9-22-23-7-6-20-13-21(31)8-10-28(20,4)25(23)14-24(22)18(2)15-29;;/h21,23-24,26-27,29-31H,8-20H2,1-7H3,(H,36,39);18,20,22-26,28-29H,6-17H2,1-5H3,(H,32,33);17,19,21,23-24,26-28H,6-16H2,1-5H3;17,19-20,22-23,25-27H,6-16H2,1-5H3;2*1H4/t21-,23+,24+,26-,27-,29-,30+,31-,34-,35-;18-,20-,22-,23+,24+,25+,26+,28+,29-,30+,31+;17-,19+,21+,23-,24-,26-,27+,28-,29-,30-;17-,19+,20+,22-,23-,25-,26+,27-,28-,29-;;/m0100../s1. The minimum atomic E-state index is -0.348. The van der Waals surface area contributed by atoms with Crippen molar-refractivity contribution in [2.75, 3.05) is 39.8 Å². The molecule has 15 heteroatoms. The van der Waals surface area contributed by atoms with E-state index in [4.69, 9.17) is 18.9 Å². The maximum atomic E-state index is 12.6. The maximum Gasteiger partial charge on any atom is 0.225 e. The first-order valence-corrected chi connectivity index (χ1v) is 59.6. The van der Waals surface area contributed by atoms with Crippen molar-refractivity contribution < 1.29 is 47.7 Å². The quantitative estimate of drug-likeness (QED) is 0.256. The molecule has 24 aliphatic rings. The number of nitrogens with one attached hydrogen (secondary N) is 2. The van der Waals surface area contributed by atoms with Gasteiger partial charge in [-0.3, -0.25) is 33.7 Å². The van der Waals surface area contributed by atoms with Crippen LogP contribution < -0.4 is 10.6 Å². The second kappa shape index (κ2) is 39.7. The number of ether oxygens (including phenoxy) is 4. The summed E-state index contributed by atoms with van der Waals surface area (Å²) in [6.45, 7) is 53.7. The van der Waals surface area contributed by atoms with Crippen LogP contribution in [0.15, 0.2) is 44.6 Å². The van der Waals surface area contributed by atoms with E-state index in [-0.39, 0.29) is 72.5 Å². The predicted molar refractivity (Wildman–Crippen MR) is 572 cm³/mol. The molecule has 0 unspecified atom stereocenters. The Kier molecular flexibility index (Phi) is 29.8. The van der Waals surface area contributed by atoms with Crippen LogP contribution in [0.25, 0.3) is 0 Å². The monoisotopic (exact) mass is 1960 g/mol. The van der Waals surface area contributed by atoms with E-state index in [1.165, 1.54) is 180 Å². The van der Waals surface area contributed by atoms with Crippen LogP contribution in [0, 0.1) is 175 Å². The topological polar surface area (TPSA) is 173 Å². The number of carbonyl (C=O) groups excluding carboxylic acids is 6. The van der Waals surface area contributed by atoms with Gasteiger partial charge in [-0.15, -0.1) is 0 Å². The molecule has 0 aromatic heterocycles. The summed E-state index contributed by atoms with van der Waals surface area (Å²) >= 11 is 0. The Balaban J connectivity index is 0.000000120. The van der Waals surface area contributed by atoms with Crippen LogP contribution in [-0.4, -0.2) is 161 Å². The zero-order chi connectivity index (χ0) is 98.8. The molecule has 24 rings (SSSR count).